The molecule has 0 N–H and O–H groups in total. The summed E-state index contributed by atoms with van der Waals surface area (Å²) < 4.78 is 43.7. The summed E-state index contributed by atoms with van der Waals surface area (Å²) in [6.07, 6.45) is -4.34. The molecule has 7 heteroatoms. The van der Waals surface area contributed by atoms with Crippen molar-refractivity contribution in [3.8, 4) is 5.75 Å². The molecule has 2 aromatic carbocycles. The minimum atomic E-state index is -4.34. The van der Waals surface area contributed by atoms with Gasteiger partial charge in [0.25, 0.3) is 0 Å². The highest BCUT2D eigenvalue weighted by atomic mass is 19.4. The van der Waals surface area contributed by atoms with Crippen LogP contribution in [0.3, 0.4) is 0 Å². The van der Waals surface area contributed by atoms with Gasteiger partial charge in [-0.25, -0.2) is 0 Å². The van der Waals surface area contributed by atoms with Gasteiger partial charge in [-0.05, 0) is 42.5 Å². The van der Waals surface area contributed by atoms with Crippen molar-refractivity contribution >= 4 is 11.5 Å². The quantitative estimate of drug-likeness (QED) is 0.743. The van der Waals surface area contributed by atoms with Crippen LogP contribution in [0.15, 0.2) is 48.5 Å². The Hall–Kier alpha value is -2.54. The average Bonchev–Trinajstić information content (AvgIpc) is 2.68. The van der Waals surface area contributed by atoms with Crippen LogP contribution in [-0.4, -0.2) is 50.5 Å². The molecule has 27 heavy (non-hydrogen) atoms. The van der Waals surface area contributed by atoms with E-state index in [0.717, 1.165) is 6.07 Å². The lowest BCUT2D eigenvalue weighted by Gasteiger charge is -2.36. The Bertz CT molecular complexity index is 783. The molecule has 0 amide bonds. The van der Waals surface area contributed by atoms with Crippen molar-refractivity contribution in [1.82, 2.24) is 4.90 Å². The van der Waals surface area contributed by atoms with Gasteiger partial charge in [0.1, 0.15) is 5.75 Å². The molecule has 2 aromatic rings. The second-order valence-corrected chi connectivity index (χ2v) is 6.46. The van der Waals surface area contributed by atoms with Crippen LogP contribution in [-0.2, 0) is 6.18 Å². The zero-order chi connectivity index (χ0) is 19.4. The van der Waals surface area contributed by atoms with E-state index in [2.05, 4.69) is 0 Å². The summed E-state index contributed by atoms with van der Waals surface area (Å²) in [5.74, 6) is 0.714. The van der Waals surface area contributed by atoms with Gasteiger partial charge in [-0.15, -0.1) is 0 Å². The molecule has 3 rings (SSSR count). The first-order chi connectivity index (χ1) is 12.9. The third-order valence-electron chi connectivity index (χ3n) is 4.69. The van der Waals surface area contributed by atoms with E-state index in [1.54, 1.807) is 37.4 Å². The molecule has 0 bridgehead atoms. The Morgan fingerprint density at radius 3 is 2.30 bits per heavy atom. The summed E-state index contributed by atoms with van der Waals surface area (Å²) in [5, 5.41) is 0. The molecule has 0 aromatic heterocycles. The van der Waals surface area contributed by atoms with Gasteiger partial charge in [0.05, 0.1) is 19.2 Å². The first kappa shape index (κ1) is 19.2. The normalized spacial score (nSPS) is 15.6. The number of ketones is 1. The monoisotopic (exact) mass is 378 g/mol. The summed E-state index contributed by atoms with van der Waals surface area (Å²) in [5.41, 5.74) is 0.541. The van der Waals surface area contributed by atoms with Crippen LogP contribution in [0.4, 0.5) is 18.9 Å². The molecule has 0 atom stereocenters. The van der Waals surface area contributed by atoms with Gasteiger partial charge < -0.3 is 9.64 Å². The van der Waals surface area contributed by atoms with E-state index in [4.69, 9.17) is 4.74 Å². The number of ether oxygens (including phenoxy) is 1. The molecule has 4 nitrogen and oxygen atoms in total. The van der Waals surface area contributed by atoms with E-state index in [1.807, 2.05) is 9.80 Å². The Morgan fingerprint density at radius 1 is 1.04 bits per heavy atom. The van der Waals surface area contributed by atoms with Crippen molar-refractivity contribution in [2.75, 3.05) is 44.7 Å². The third kappa shape index (κ3) is 4.80. The van der Waals surface area contributed by atoms with Gasteiger partial charge in [-0.2, -0.15) is 13.2 Å². The number of piperazine rings is 1. The van der Waals surface area contributed by atoms with Crippen LogP contribution < -0.4 is 9.64 Å². The summed E-state index contributed by atoms with van der Waals surface area (Å²) in [6, 6.07) is 12.3. The van der Waals surface area contributed by atoms with Crippen molar-refractivity contribution in [3.63, 3.8) is 0 Å². The van der Waals surface area contributed by atoms with Crippen LogP contribution in [0.2, 0.25) is 0 Å². The number of methoxy groups -OCH3 is 1. The van der Waals surface area contributed by atoms with Gasteiger partial charge in [0.15, 0.2) is 5.78 Å². The predicted octanol–water partition coefficient (Wildman–Crippen LogP) is 3.72. The maximum Gasteiger partial charge on any atom is 0.416 e. The minimum absolute atomic E-state index is 0.0187. The number of hydrogen-bond donors (Lipinski definition) is 0. The van der Waals surface area contributed by atoms with Crippen LogP contribution in [0.1, 0.15) is 15.9 Å². The number of anilines is 1. The summed E-state index contributed by atoms with van der Waals surface area (Å²) in [6.45, 7) is 2.70. The van der Waals surface area contributed by atoms with E-state index in [-0.39, 0.29) is 5.78 Å². The molecule has 0 radical (unpaired) electrons. The number of Topliss-reactive ketones (excluding diaryl/α,β-unsaturated/α-hetero) is 1. The molecule has 1 aliphatic rings. The summed E-state index contributed by atoms with van der Waals surface area (Å²) >= 11 is 0. The average molecular weight is 378 g/mol. The zero-order valence-corrected chi connectivity index (χ0v) is 15.0. The van der Waals surface area contributed by atoms with E-state index < -0.39 is 11.7 Å². The lowest BCUT2D eigenvalue weighted by Crippen LogP contribution is -2.48. The number of carbonyl (C=O) groups is 1. The molecule has 0 unspecified atom stereocenters. The van der Waals surface area contributed by atoms with E-state index in [9.17, 15) is 18.0 Å². The predicted molar refractivity (Wildman–Crippen MR) is 97.4 cm³/mol. The van der Waals surface area contributed by atoms with E-state index in [0.29, 0.717) is 49.7 Å². The minimum Gasteiger partial charge on any atom is -0.497 e. The molecule has 1 saturated heterocycles. The van der Waals surface area contributed by atoms with Gasteiger partial charge >= 0.3 is 6.18 Å². The highest BCUT2D eigenvalue weighted by Crippen LogP contribution is 2.31. The summed E-state index contributed by atoms with van der Waals surface area (Å²) in [4.78, 5) is 16.3. The SMILES string of the molecule is COc1ccc(C(=O)CN2CCN(c3cccc(C(F)(F)F)c3)CC2)cc1. The lowest BCUT2D eigenvalue weighted by atomic mass is 10.1. The number of carbonyl (C=O) groups excluding carboxylic acids is 1. The molecule has 0 saturated carbocycles. The number of halogens is 3. The second kappa shape index (κ2) is 8.00. The lowest BCUT2D eigenvalue weighted by molar-refractivity contribution is -0.137. The third-order valence-corrected chi connectivity index (χ3v) is 4.69. The summed E-state index contributed by atoms with van der Waals surface area (Å²) in [7, 11) is 1.57. The van der Waals surface area contributed by atoms with Gasteiger partial charge in [0.2, 0.25) is 0 Å². The Morgan fingerprint density at radius 2 is 1.70 bits per heavy atom. The van der Waals surface area contributed by atoms with Crippen molar-refractivity contribution in [2.24, 2.45) is 0 Å². The molecule has 1 fully saturated rings. The van der Waals surface area contributed by atoms with Crippen LogP contribution >= 0.6 is 0 Å². The maximum absolute atomic E-state index is 12.9. The fraction of sp³-hybridized carbons (Fsp3) is 0.350. The first-order valence-corrected chi connectivity index (χ1v) is 8.68. The van der Waals surface area contributed by atoms with Crippen LogP contribution in [0, 0.1) is 0 Å². The zero-order valence-electron chi connectivity index (χ0n) is 15.0. The second-order valence-electron chi connectivity index (χ2n) is 6.46. The van der Waals surface area contributed by atoms with E-state index >= 15 is 0 Å². The van der Waals surface area contributed by atoms with Crippen LogP contribution in [0.5, 0.6) is 5.75 Å². The van der Waals surface area contributed by atoms with Gasteiger partial charge in [-0.1, -0.05) is 6.07 Å². The Kier molecular flexibility index (Phi) is 5.70. The molecule has 144 valence electrons. The maximum atomic E-state index is 12.9. The molecule has 0 spiro atoms. The standard InChI is InChI=1S/C20H21F3N2O2/c1-27-18-7-5-15(6-8-18)19(26)14-24-9-11-25(12-10-24)17-4-2-3-16(13-17)20(21,22)23/h2-8,13H,9-12,14H2,1H3. The number of rotatable bonds is 5. The topological polar surface area (TPSA) is 32.8 Å². The number of benzene rings is 2. The van der Waals surface area contributed by atoms with Gasteiger partial charge in [0, 0.05) is 37.4 Å². The fourth-order valence-electron chi connectivity index (χ4n) is 3.11. The largest absolute Gasteiger partial charge is 0.497 e. The van der Waals surface area contributed by atoms with Crippen molar-refractivity contribution in [2.45, 2.75) is 6.18 Å². The Balaban J connectivity index is 1.56. The molecule has 0 aliphatic carbocycles. The number of alkyl halides is 3. The van der Waals surface area contributed by atoms with Gasteiger partial charge in [-0.3, -0.25) is 9.69 Å². The molecule has 1 aliphatic heterocycles. The first-order valence-electron chi connectivity index (χ1n) is 8.68. The van der Waals surface area contributed by atoms with E-state index in [1.165, 1.54) is 12.1 Å². The smallest absolute Gasteiger partial charge is 0.416 e. The highest BCUT2D eigenvalue weighted by Gasteiger charge is 2.31. The molecular weight excluding hydrogens is 357 g/mol. The van der Waals surface area contributed by atoms with Crippen molar-refractivity contribution in [1.29, 1.82) is 0 Å². The fourth-order valence-corrected chi connectivity index (χ4v) is 3.11. The van der Waals surface area contributed by atoms with Crippen molar-refractivity contribution in [3.05, 3.63) is 59.7 Å². The Labute approximate surface area is 156 Å². The number of nitrogens with zero attached hydrogens (tertiary/aromatic N) is 2. The highest BCUT2D eigenvalue weighted by molar-refractivity contribution is 5.97. The molecular formula is C20H21F3N2O2. The van der Waals surface area contributed by atoms with Crippen LogP contribution in [0.25, 0.3) is 0 Å². The van der Waals surface area contributed by atoms with Crippen molar-refractivity contribution < 1.29 is 22.7 Å². The number of hydrogen-bond acceptors (Lipinski definition) is 4. The molecule has 1 heterocycles.